The van der Waals surface area contributed by atoms with Gasteiger partial charge in [-0.05, 0) is 31.5 Å². The molecule has 1 aliphatic rings. The number of nitrogens with zero attached hydrogens (tertiary/aromatic N) is 2. The van der Waals surface area contributed by atoms with E-state index in [-0.39, 0.29) is 6.10 Å². The summed E-state index contributed by atoms with van der Waals surface area (Å²) in [6.07, 6.45) is 2.27. The number of fused-ring (bicyclic) bond motifs is 1. The highest BCUT2D eigenvalue weighted by molar-refractivity contribution is 6.31. The van der Waals surface area contributed by atoms with Crippen LogP contribution in [-0.2, 0) is 0 Å². The molecule has 2 aromatic rings. The Morgan fingerprint density at radius 2 is 2.00 bits per heavy atom. The molecule has 1 atom stereocenters. The summed E-state index contributed by atoms with van der Waals surface area (Å²) >= 11 is 6.10. The molecular formula is C13H14ClN3O. The molecule has 0 aliphatic carbocycles. The summed E-state index contributed by atoms with van der Waals surface area (Å²) in [6, 6.07) is 7.64. The van der Waals surface area contributed by atoms with E-state index in [9.17, 15) is 0 Å². The lowest BCUT2D eigenvalue weighted by Gasteiger charge is -2.23. The van der Waals surface area contributed by atoms with Crippen LogP contribution in [0.1, 0.15) is 12.8 Å². The van der Waals surface area contributed by atoms with Crippen molar-refractivity contribution < 1.29 is 4.74 Å². The number of rotatable bonds is 2. The van der Waals surface area contributed by atoms with Crippen molar-refractivity contribution in [1.82, 2.24) is 15.3 Å². The van der Waals surface area contributed by atoms with E-state index in [1.807, 2.05) is 24.3 Å². The van der Waals surface area contributed by atoms with Gasteiger partial charge in [-0.15, -0.1) is 0 Å². The van der Waals surface area contributed by atoms with Gasteiger partial charge in [0.05, 0.1) is 11.0 Å². The number of hydrogen-bond donors (Lipinski definition) is 1. The molecule has 0 amide bonds. The van der Waals surface area contributed by atoms with Gasteiger partial charge in [0.1, 0.15) is 6.10 Å². The molecule has 1 N–H and O–H groups in total. The first kappa shape index (κ1) is 11.7. The Morgan fingerprint density at radius 1 is 1.22 bits per heavy atom. The van der Waals surface area contributed by atoms with Crippen molar-refractivity contribution in [3.05, 3.63) is 29.4 Å². The molecule has 0 bridgehead atoms. The first-order valence-electron chi connectivity index (χ1n) is 6.12. The first-order valence-corrected chi connectivity index (χ1v) is 6.50. The average molecular weight is 264 g/mol. The van der Waals surface area contributed by atoms with Crippen molar-refractivity contribution in [3.63, 3.8) is 0 Å². The smallest absolute Gasteiger partial charge is 0.253 e. The van der Waals surface area contributed by atoms with Gasteiger partial charge in [0, 0.05) is 6.54 Å². The lowest BCUT2D eigenvalue weighted by atomic mass is 10.1. The number of aromatic nitrogens is 2. The Balaban J connectivity index is 1.88. The fourth-order valence-corrected chi connectivity index (χ4v) is 2.29. The standard InChI is InChI=1S/C13H14ClN3O/c14-12-13(18-9-4-3-7-15-8-9)17-11-6-2-1-5-10(11)16-12/h1-2,5-6,9,15H,3-4,7-8H2. The van der Waals surface area contributed by atoms with E-state index in [0.717, 1.165) is 37.0 Å². The van der Waals surface area contributed by atoms with Crippen molar-refractivity contribution in [1.29, 1.82) is 0 Å². The minimum absolute atomic E-state index is 0.131. The average Bonchev–Trinajstić information content (AvgIpc) is 2.41. The van der Waals surface area contributed by atoms with Gasteiger partial charge in [-0.2, -0.15) is 0 Å². The Morgan fingerprint density at radius 3 is 2.72 bits per heavy atom. The van der Waals surface area contributed by atoms with Crippen LogP contribution < -0.4 is 10.1 Å². The molecule has 1 fully saturated rings. The predicted molar refractivity (Wildman–Crippen MR) is 71.1 cm³/mol. The molecule has 1 saturated heterocycles. The van der Waals surface area contributed by atoms with E-state index in [2.05, 4.69) is 15.3 Å². The van der Waals surface area contributed by atoms with Gasteiger partial charge in [0.25, 0.3) is 5.88 Å². The fourth-order valence-electron chi connectivity index (χ4n) is 2.12. The Hall–Kier alpha value is -1.39. The van der Waals surface area contributed by atoms with Crippen LogP contribution in [0.4, 0.5) is 0 Å². The first-order chi connectivity index (χ1) is 8.83. The van der Waals surface area contributed by atoms with E-state index in [0.29, 0.717) is 11.0 Å². The predicted octanol–water partition coefficient (Wildman–Crippen LogP) is 2.41. The van der Waals surface area contributed by atoms with Crippen LogP contribution in [0.2, 0.25) is 5.15 Å². The number of piperidine rings is 1. The Labute approximate surface area is 110 Å². The molecule has 0 spiro atoms. The SMILES string of the molecule is Clc1nc2ccccc2nc1OC1CCCNC1. The van der Waals surface area contributed by atoms with Gasteiger partial charge in [-0.25, -0.2) is 9.97 Å². The number of halogens is 1. The molecule has 4 nitrogen and oxygen atoms in total. The quantitative estimate of drug-likeness (QED) is 0.904. The maximum Gasteiger partial charge on any atom is 0.253 e. The minimum atomic E-state index is 0.131. The number of hydrogen-bond acceptors (Lipinski definition) is 4. The molecule has 3 rings (SSSR count). The molecule has 0 saturated carbocycles. The molecule has 0 radical (unpaired) electrons. The highest BCUT2D eigenvalue weighted by Crippen LogP contribution is 2.24. The van der Waals surface area contributed by atoms with Gasteiger partial charge in [-0.3, -0.25) is 0 Å². The third-order valence-corrected chi connectivity index (χ3v) is 3.27. The largest absolute Gasteiger partial charge is 0.471 e. The second-order valence-electron chi connectivity index (χ2n) is 4.39. The number of nitrogens with one attached hydrogen (secondary N) is 1. The summed E-state index contributed by atoms with van der Waals surface area (Å²) in [5.74, 6) is 0.434. The zero-order chi connectivity index (χ0) is 12.4. The third kappa shape index (κ3) is 2.40. The maximum absolute atomic E-state index is 6.10. The molecule has 1 aromatic carbocycles. The molecule has 5 heteroatoms. The zero-order valence-corrected chi connectivity index (χ0v) is 10.7. The molecule has 18 heavy (non-hydrogen) atoms. The van der Waals surface area contributed by atoms with Crippen LogP contribution in [0.15, 0.2) is 24.3 Å². The van der Waals surface area contributed by atoms with Crippen LogP contribution in [0.5, 0.6) is 5.88 Å². The summed E-state index contributed by atoms with van der Waals surface area (Å²) in [5.41, 5.74) is 1.59. The summed E-state index contributed by atoms with van der Waals surface area (Å²) in [4.78, 5) is 8.72. The summed E-state index contributed by atoms with van der Waals surface area (Å²) in [7, 11) is 0. The highest BCUT2D eigenvalue weighted by Gasteiger charge is 2.17. The lowest BCUT2D eigenvalue weighted by molar-refractivity contribution is 0.160. The topological polar surface area (TPSA) is 47.0 Å². The second kappa shape index (κ2) is 5.08. The van der Waals surface area contributed by atoms with Crippen LogP contribution in [0.3, 0.4) is 0 Å². The van der Waals surface area contributed by atoms with Gasteiger partial charge < -0.3 is 10.1 Å². The Bertz CT molecular complexity index is 555. The van der Waals surface area contributed by atoms with E-state index in [1.165, 1.54) is 0 Å². The van der Waals surface area contributed by atoms with E-state index < -0.39 is 0 Å². The van der Waals surface area contributed by atoms with Crippen LogP contribution in [-0.4, -0.2) is 29.2 Å². The monoisotopic (exact) mass is 263 g/mol. The van der Waals surface area contributed by atoms with Crippen LogP contribution >= 0.6 is 11.6 Å². The zero-order valence-electron chi connectivity index (χ0n) is 9.90. The van der Waals surface area contributed by atoms with E-state index >= 15 is 0 Å². The summed E-state index contributed by atoms with van der Waals surface area (Å²) in [5, 5.41) is 3.63. The molecule has 94 valence electrons. The Kier molecular flexibility index (Phi) is 3.30. The van der Waals surface area contributed by atoms with Crippen molar-refractivity contribution in [2.24, 2.45) is 0 Å². The van der Waals surface area contributed by atoms with Gasteiger partial charge in [-0.1, -0.05) is 23.7 Å². The number of para-hydroxylation sites is 2. The molecule has 2 heterocycles. The van der Waals surface area contributed by atoms with Crippen molar-refractivity contribution >= 4 is 22.6 Å². The molecule has 1 aliphatic heterocycles. The number of benzene rings is 1. The van der Waals surface area contributed by atoms with E-state index in [1.54, 1.807) is 0 Å². The van der Waals surface area contributed by atoms with Gasteiger partial charge in [0.15, 0.2) is 5.15 Å². The van der Waals surface area contributed by atoms with Crippen LogP contribution in [0.25, 0.3) is 11.0 Å². The molecule has 1 unspecified atom stereocenters. The van der Waals surface area contributed by atoms with Crippen LogP contribution in [0, 0.1) is 0 Å². The van der Waals surface area contributed by atoms with Gasteiger partial charge in [0.2, 0.25) is 0 Å². The highest BCUT2D eigenvalue weighted by atomic mass is 35.5. The van der Waals surface area contributed by atoms with Gasteiger partial charge >= 0.3 is 0 Å². The van der Waals surface area contributed by atoms with E-state index in [4.69, 9.17) is 16.3 Å². The summed E-state index contributed by atoms with van der Waals surface area (Å²) in [6.45, 7) is 1.89. The fraction of sp³-hybridized carbons (Fsp3) is 0.385. The van der Waals surface area contributed by atoms with Crippen molar-refractivity contribution in [2.75, 3.05) is 13.1 Å². The minimum Gasteiger partial charge on any atom is -0.471 e. The van der Waals surface area contributed by atoms with Crippen molar-refractivity contribution in [2.45, 2.75) is 18.9 Å². The molecule has 1 aromatic heterocycles. The lowest BCUT2D eigenvalue weighted by Crippen LogP contribution is -2.37. The maximum atomic E-state index is 6.10. The number of ether oxygens (including phenoxy) is 1. The second-order valence-corrected chi connectivity index (χ2v) is 4.75. The molecular weight excluding hydrogens is 250 g/mol. The summed E-state index contributed by atoms with van der Waals surface area (Å²) < 4.78 is 5.83. The normalized spacial score (nSPS) is 19.9. The van der Waals surface area contributed by atoms with Crippen molar-refractivity contribution in [3.8, 4) is 5.88 Å². The third-order valence-electron chi connectivity index (χ3n) is 3.03.